The molecule has 0 atom stereocenters. The van der Waals surface area contributed by atoms with Crippen LogP contribution < -0.4 is 10.1 Å². The van der Waals surface area contributed by atoms with Crippen molar-refractivity contribution in [2.75, 3.05) is 39.6 Å². The maximum Gasteiger partial charge on any atom is 0.372 e. The zero-order valence-corrected chi connectivity index (χ0v) is 12.3. The number of anilines is 1. The van der Waals surface area contributed by atoms with Gasteiger partial charge in [0.1, 0.15) is 5.82 Å². The summed E-state index contributed by atoms with van der Waals surface area (Å²) in [5, 5.41) is 14.1. The molecule has 0 amide bonds. The Morgan fingerprint density at radius 3 is 2.60 bits per heavy atom. The van der Waals surface area contributed by atoms with Crippen LogP contribution in [0.3, 0.4) is 0 Å². The SMILES string of the molecule is CCc1nc(NCCCN(C)C)c([N+](=O)[O-])c(OC)n1. The van der Waals surface area contributed by atoms with Gasteiger partial charge >= 0.3 is 5.69 Å². The van der Waals surface area contributed by atoms with E-state index in [0.29, 0.717) is 18.8 Å². The predicted octanol–water partition coefficient (Wildman–Crippen LogP) is 1.32. The Morgan fingerprint density at radius 1 is 1.40 bits per heavy atom. The highest BCUT2D eigenvalue weighted by Crippen LogP contribution is 2.31. The minimum Gasteiger partial charge on any atom is -0.476 e. The minimum atomic E-state index is -0.521. The molecule has 1 rings (SSSR count). The van der Waals surface area contributed by atoms with Crippen molar-refractivity contribution in [3.05, 3.63) is 15.9 Å². The molecule has 0 aromatic carbocycles. The van der Waals surface area contributed by atoms with Gasteiger partial charge in [-0.05, 0) is 27.1 Å². The van der Waals surface area contributed by atoms with Crippen molar-refractivity contribution in [2.24, 2.45) is 0 Å². The lowest BCUT2D eigenvalue weighted by molar-refractivity contribution is -0.385. The van der Waals surface area contributed by atoms with Crippen molar-refractivity contribution in [2.45, 2.75) is 19.8 Å². The van der Waals surface area contributed by atoms with Crippen molar-refractivity contribution < 1.29 is 9.66 Å². The van der Waals surface area contributed by atoms with Gasteiger partial charge in [0, 0.05) is 13.0 Å². The van der Waals surface area contributed by atoms with Gasteiger partial charge in [0.05, 0.1) is 12.0 Å². The van der Waals surface area contributed by atoms with Crippen LogP contribution in [0.1, 0.15) is 19.2 Å². The standard InChI is InChI=1S/C12H21N5O3/c1-5-9-14-11(13-7-6-8-16(2)3)10(17(18)19)12(15-9)20-4/h5-8H2,1-4H3,(H,13,14,15). The average Bonchev–Trinajstić information content (AvgIpc) is 2.41. The van der Waals surface area contributed by atoms with Crippen LogP contribution in [0.5, 0.6) is 5.88 Å². The van der Waals surface area contributed by atoms with E-state index >= 15 is 0 Å². The summed E-state index contributed by atoms with van der Waals surface area (Å²) in [5.41, 5.74) is -0.213. The van der Waals surface area contributed by atoms with E-state index in [1.165, 1.54) is 7.11 Å². The molecule has 8 heteroatoms. The van der Waals surface area contributed by atoms with Gasteiger partial charge < -0.3 is 15.0 Å². The lowest BCUT2D eigenvalue weighted by atomic mass is 10.3. The highest BCUT2D eigenvalue weighted by atomic mass is 16.6. The van der Waals surface area contributed by atoms with Gasteiger partial charge in [0.25, 0.3) is 5.88 Å². The quantitative estimate of drug-likeness (QED) is 0.437. The van der Waals surface area contributed by atoms with E-state index in [0.717, 1.165) is 13.0 Å². The predicted molar refractivity (Wildman–Crippen MR) is 76.3 cm³/mol. The van der Waals surface area contributed by atoms with Gasteiger partial charge in [0.15, 0.2) is 0 Å². The maximum absolute atomic E-state index is 11.1. The first-order valence-corrected chi connectivity index (χ1v) is 6.47. The molecule has 0 fully saturated rings. The summed E-state index contributed by atoms with van der Waals surface area (Å²) in [6.07, 6.45) is 1.44. The molecule has 8 nitrogen and oxygen atoms in total. The van der Waals surface area contributed by atoms with Crippen LogP contribution in [-0.2, 0) is 6.42 Å². The Bertz CT molecular complexity index is 465. The third kappa shape index (κ3) is 4.30. The Morgan fingerprint density at radius 2 is 2.10 bits per heavy atom. The van der Waals surface area contributed by atoms with E-state index in [1.54, 1.807) is 0 Å². The van der Waals surface area contributed by atoms with Crippen LogP contribution in [0.25, 0.3) is 0 Å². The number of hydrogen-bond acceptors (Lipinski definition) is 7. The van der Waals surface area contributed by atoms with Crippen molar-refractivity contribution in [1.82, 2.24) is 14.9 Å². The molecule has 112 valence electrons. The van der Waals surface area contributed by atoms with Crippen molar-refractivity contribution in [3.8, 4) is 5.88 Å². The second kappa shape index (κ2) is 7.59. The topological polar surface area (TPSA) is 93.4 Å². The van der Waals surface area contributed by atoms with Crippen LogP contribution >= 0.6 is 0 Å². The van der Waals surface area contributed by atoms with E-state index in [4.69, 9.17) is 4.74 Å². The number of nitrogens with one attached hydrogen (secondary N) is 1. The van der Waals surface area contributed by atoms with Crippen LogP contribution in [0.4, 0.5) is 11.5 Å². The van der Waals surface area contributed by atoms with E-state index in [2.05, 4.69) is 15.3 Å². The molecule has 0 saturated carbocycles. The minimum absolute atomic E-state index is 0.00282. The molecule has 0 aliphatic carbocycles. The number of methoxy groups -OCH3 is 1. The monoisotopic (exact) mass is 283 g/mol. The average molecular weight is 283 g/mol. The molecule has 0 saturated heterocycles. The highest BCUT2D eigenvalue weighted by molar-refractivity contribution is 5.61. The number of aromatic nitrogens is 2. The number of ether oxygens (including phenoxy) is 1. The van der Waals surface area contributed by atoms with Crippen molar-refractivity contribution >= 4 is 11.5 Å². The normalized spacial score (nSPS) is 10.7. The molecule has 1 aromatic rings. The number of aryl methyl sites for hydroxylation is 1. The highest BCUT2D eigenvalue weighted by Gasteiger charge is 2.25. The molecule has 0 unspecified atom stereocenters. The summed E-state index contributed by atoms with van der Waals surface area (Å²) in [6, 6.07) is 0. The van der Waals surface area contributed by atoms with Gasteiger partial charge in [-0.15, -0.1) is 0 Å². The number of rotatable bonds is 8. The first-order chi connectivity index (χ1) is 9.49. The second-order valence-corrected chi connectivity index (χ2v) is 4.54. The molecule has 0 spiro atoms. The third-order valence-corrected chi connectivity index (χ3v) is 2.67. The maximum atomic E-state index is 11.1. The molecule has 1 aromatic heterocycles. The zero-order chi connectivity index (χ0) is 15.1. The summed E-state index contributed by atoms with van der Waals surface area (Å²) in [5.74, 6) is 0.733. The summed E-state index contributed by atoms with van der Waals surface area (Å²) in [4.78, 5) is 20.9. The van der Waals surface area contributed by atoms with Crippen molar-refractivity contribution in [1.29, 1.82) is 0 Å². The van der Waals surface area contributed by atoms with Crippen LogP contribution in [0.2, 0.25) is 0 Å². The summed E-state index contributed by atoms with van der Waals surface area (Å²) >= 11 is 0. The van der Waals surface area contributed by atoms with Gasteiger partial charge in [-0.25, -0.2) is 4.98 Å². The lowest BCUT2D eigenvalue weighted by Crippen LogP contribution is -2.17. The van der Waals surface area contributed by atoms with Gasteiger partial charge in [-0.1, -0.05) is 6.92 Å². The number of hydrogen-bond donors (Lipinski definition) is 1. The third-order valence-electron chi connectivity index (χ3n) is 2.67. The molecular formula is C12H21N5O3. The zero-order valence-electron chi connectivity index (χ0n) is 12.3. The smallest absolute Gasteiger partial charge is 0.372 e. The van der Waals surface area contributed by atoms with E-state index in [9.17, 15) is 10.1 Å². The van der Waals surface area contributed by atoms with E-state index in [-0.39, 0.29) is 17.4 Å². The van der Waals surface area contributed by atoms with Gasteiger partial charge in [0.2, 0.25) is 5.82 Å². The summed E-state index contributed by atoms with van der Waals surface area (Å²) in [6.45, 7) is 3.38. The molecule has 1 N–H and O–H groups in total. The molecule has 0 bridgehead atoms. The summed E-state index contributed by atoms with van der Waals surface area (Å²) in [7, 11) is 5.32. The van der Waals surface area contributed by atoms with Gasteiger partial charge in [-0.3, -0.25) is 10.1 Å². The van der Waals surface area contributed by atoms with E-state index in [1.807, 2.05) is 25.9 Å². The largest absolute Gasteiger partial charge is 0.476 e. The fraction of sp³-hybridized carbons (Fsp3) is 0.667. The van der Waals surface area contributed by atoms with Crippen LogP contribution in [0, 0.1) is 10.1 Å². The Kier molecular flexibility index (Phi) is 6.10. The molecule has 0 radical (unpaired) electrons. The van der Waals surface area contributed by atoms with Crippen molar-refractivity contribution in [3.63, 3.8) is 0 Å². The first kappa shape index (κ1) is 16.1. The Labute approximate surface area is 118 Å². The lowest BCUT2D eigenvalue weighted by Gasteiger charge is -2.11. The second-order valence-electron chi connectivity index (χ2n) is 4.54. The molecule has 0 aliphatic rings. The molecule has 20 heavy (non-hydrogen) atoms. The number of nitrogens with zero attached hydrogens (tertiary/aromatic N) is 4. The molecule has 1 heterocycles. The summed E-state index contributed by atoms with van der Waals surface area (Å²) < 4.78 is 4.99. The van der Waals surface area contributed by atoms with Crippen LogP contribution in [0.15, 0.2) is 0 Å². The van der Waals surface area contributed by atoms with Crippen LogP contribution in [-0.4, -0.2) is 54.1 Å². The number of nitro groups is 1. The first-order valence-electron chi connectivity index (χ1n) is 6.47. The van der Waals surface area contributed by atoms with Gasteiger partial charge in [-0.2, -0.15) is 4.98 Å². The Hall–Kier alpha value is -1.96. The molecular weight excluding hydrogens is 262 g/mol. The fourth-order valence-electron chi connectivity index (χ4n) is 1.67. The molecule has 0 aliphatic heterocycles. The van der Waals surface area contributed by atoms with E-state index < -0.39 is 4.92 Å². The Balaban J connectivity index is 2.93. The fourth-order valence-corrected chi connectivity index (χ4v) is 1.67.